The molecule has 100 valence electrons. The summed E-state index contributed by atoms with van der Waals surface area (Å²) in [4.78, 5) is 0. The molecule has 1 aliphatic rings. The van der Waals surface area contributed by atoms with Crippen LogP contribution in [0.3, 0.4) is 0 Å². The monoisotopic (exact) mass is 250 g/mol. The molecule has 18 heavy (non-hydrogen) atoms. The molecule has 0 aliphatic heterocycles. The normalized spacial score (nSPS) is 17.7. The fraction of sp³-hybridized carbons (Fsp3) is 0.600. The van der Waals surface area contributed by atoms with Crippen LogP contribution in [0.25, 0.3) is 0 Å². The Hall–Kier alpha value is -1.22. The van der Waals surface area contributed by atoms with Gasteiger partial charge < -0.3 is 14.6 Å². The molecule has 0 bridgehead atoms. The number of rotatable bonds is 5. The minimum Gasteiger partial charge on any atom is -0.493 e. The second-order valence-corrected chi connectivity index (χ2v) is 5.06. The highest BCUT2D eigenvalue weighted by Crippen LogP contribution is 2.33. The zero-order valence-corrected chi connectivity index (χ0v) is 11.2. The molecular weight excluding hydrogens is 228 g/mol. The summed E-state index contributed by atoms with van der Waals surface area (Å²) in [6.07, 6.45) is 4.82. The van der Waals surface area contributed by atoms with Gasteiger partial charge in [0, 0.05) is 0 Å². The number of aliphatic hydroxyl groups is 1. The molecule has 0 radical (unpaired) electrons. The molecule has 0 spiro atoms. The minimum atomic E-state index is -0.644. The lowest BCUT2D eigenvalue weighted by molar-refractivity contribution is 0.000731. The average Bonchev–Trinajstić information content (AvgIpc) is 2.83. The van der Waals surface area contributed by atoms with E-state index in [9.17, 15) is 5.11 Å². The molecule has 0 atom stereocenters. The first-order valence-electron chi connectivity index (χ1n) is 6.69. The van der Waals surface area contributed by atoms with Crippen LogP contribution in [-0.4, -0.2) is 24.4 Å². The van der Waals surface area contributed by atoms with Gasteiger partial charge in [0.1, 0.15) is 6.61 Å². The highest BCUT2D eigenvalue weighted by atomic mass is 16.5. The first-order valence-corrected chi connectivity index (χ1v) is 6.69. The topological polar surface area (TPSA) is 38.7 Å². The van der Waals surface area contributed by atoms with Crippen molar-refractivity contribution in [3.8, 4) is 11.5 Å². The fourth-order valence-electron chi connectivity index (χ4n) is 2.44. The van der Waals surface area contributed by atoms with E-state index in [2.05, 4.69) is 6.92 Å². The molecular formula is C15H22O3. The number of hydrogen-bond acceptors (Lipinski definition) is 3. The maximum atomic E-state index is 10.3. The van der Waals surface area contributed by atoms with Crippen LogP contribution in [0.2, 0.25) is 0 Å². The van der Waals surface area contributed by atoms with Crippen LogP contribution < -0.4 is 9.47 Å². The van der Waals surface area contributed by atoms with E-state index in [4.69, 9.17) is 9.47 Å². The Labute approximate surface area is 109 Å². The summed E-state index contributed by atoms with van der Waals surface area (Å²) in [5, 5.41) is 10.3. The van der Waals surface area contributed by atoms with Crippen molar-refractivity contribution in [2.45, 2.75) is 44.6 Å². The summed E-state index contributed by atoms with van der Waals surface area (Å²) in [6, 6.07) is 5.96. The van der Waals surface area contributed by atoms with Crippen LogP contribution in [-0.2, 0) is 6.42 Å². The molecule has 0 saturated heterocycles. The Bertz CT molecular complexity index is 395. The molecule has 0 heterocycles. The lowest BCUT2D eigenvalue weighted by Crippen LogP contribution is -2.32. The van der Waals surface area contributed by atoms with Gasteiger partial charge in [0.05, 0.1) is 12.7 Å². The van der Waals surface area contributed by atoms with Crippen LogP contribution in [0.4, 0.5) is 0 Å². The third kappa shape index (κ3) is 2.96. The number of hydrogen-bond donors (Lipinski definition) is 1. The standard InChI is InChI=1S/C15H22O3/c1-3-12-6-7-13(14(10-12)17-2)18-11-15(16)8-4-5-9-15/h6-7,10,16H,3-5,8-9,11H2,1-2H3. The van der Waals surface area contributed by atoms with E-state index >= 15 is 0 Å². The van der Waals surface area contributed by atoms with Gasteiger partial charge in [-0.05, 0) is 37.0 Å². The van der Waals surface area contributed by atoms with Crippen molar-refractivity contribution in [3.63, 3.8) is 0 Å². The number of methoxy groups -OCH3 is 1. The van der Waals surface area contributed by atoms with Crippen LogP contribution in [0.5, 0.6) is 11.5 Å². The summed E-state index contributed by atoms with van der Waals surface area (Å²) in [5.74, 6) is 1.46. The van der Waals surface area contributed by atoms with E-state index in [0.29, 0.717) is 6.61 Å². The Kier molecular flexibility index (Phi) is 4.12. The van der Waals surface area contributed by atoms with Gasteiger partial charge in [0.2, 0.25) is 0 Å². The fourth-order valence-corrected chi connectivity index (χ4v) is 2.44. The molecule has 3 nitrogen and oxygen atoms in total. The third-order valence-electron chi connectivity index (χ3n) is 3.67. The molecule has 1 aromatic carbocycles. The van der Waals surface area contributed by atoms with Gasteiger partial charge in [-0.3, -0.25) is 0 Å². The molecule has 0 unspecified atom stereocenters. The number of benzene rings is 1. The van der Waals surface area contributed by atoms with Gasteiger partial charge in [-0.1, -0.05) is 25.8 Å². The Morgan fingerprint density at radius 2 is 1.94 bits per heavy atom. The van der Waals surface area contributed by atoms with E-state index in [1.165, 1.54) is 5.56 Å². The zero-order chi connectivity index (χ0) is 13.0. The van der Waals surface area contributed by atoms with E-state index in [1.54, 1.807) is 7.11 Å². The van der Waals surface area contributed by atoms with E-state index < -0.39 is 5.60 Å². The summed E-state index contributed by atoms with van der Waals surface area (Å²) < 4.78 is 11.1. The molecule has 1 aliphatic carbocycles. The van der Waals surface area contributed by atoms with Crippen molar-refractivity contribution < 1.29 is 14.6 Å². The van der Waals surface area contributed by atoms with E-state index in [0.717, 1.165) is 43.6 Å². The smallest absolute Gasteiger partial charge is 0.161 e. The van der Waals surface area contributed by atoms with Crippen molar-refractivity contribution in [1.82, 2.24) is 0 Å². The zero-order valence-electron chi connectivity index (χ0n) is 11.2. The number of aryl methyl sites for hydroxylation is 1. The van der Waals surface area contributed by atoms with Crippen molar-refractivity contribution in [2.24, 2.45) is 0 Å². The van der Waals surface area contributed by atoms with E-state index in [-0.39, 0.29) is 0 Å². The van der Waals surface area contributed by atoms with Gasteiger partial charge in [-0.15, -0.1) is 0 Å². The summed E-state index contributed by atoms with van der Waals surface area (Å²) in [5.41, 5.74) is 0.577. The SMILES string of the molecule is CCc1ccc(OCC2(O)CCCC2)c(OC)c1. The summed E-state index contributed by atoms with van der Waals surface area (Å²) in [6.45, 7) is 2.46. The minimum absolute atomic E-state index is 0.356. The molecule has 0 amide bonds. The number of ether oxygens (including phenoxy) is 2. The quantitative estimate of drug-likeness (QED) is 0.873. The van der Waals surface area contributed by atoms with Crippen LogP contribution >= 0.6 is 0 Å². The lowest BCUT2D eigenvalue weighted by atomic mass is 10.0. The van der Waals surface area contributed by atoms with Crippen molar-refractivity contribution in [3.05, 3.63) is 23.8 Å². The molecule has 1 N–H and O–H groups in total. The van der Waals surface area contributed by atoms with Crippen LogP contribution in [0.15, 0.2) is 18.2 Å². The first kappa shape index (κ1) is 13.2. The van der Waals surface area contributed by atoms with Gasteiger partial charge in [-0.2, -0.15) is 0 Å². The molecule has 3 heteroatoms. The molecule has 1 saturated carbocycles. The van der Waals surface area contributed by atoms with Gasteiger partial charge >= 0.3 is 0 Å². The van der Waals surface area contributed by atoms with Crippen molar-refractivity contribution >= 4 is 0 Å². The third-order valence-corrected chi connectivity index (χ3v) is 3.67. The highest BCUT2D eigenvalue weighted by molar-refractivity contribution is 5.43. The predicted octanol–water partition coefficient (Wildman–Crippen LogP) is 2.94. The van der Waals surface area contributed by atoms with E-state index in [1.807, 2.05) is 18.2 Å². The Morgan fingerprint density at radius 1 is 1.22 bits per heavy atom. The second-order valence-electron chi connectivity index (χ2n) is 5.06. The summed E-state index contributed by atoms with van der Waals surface area (Å²) >= 11 is 0. The lowest BCUT2D eigenvalue weighted by Gasteiger charge is -2.23. The van der Waals surface area contributed by atoms with Gasteiger partial charge in [0.25, 0.3) is 0 Å². The van der Waals surface area contributed by atoms with Gasteiger partial charge in [-0.25, -0.2) is 0 Å². The largest absolute Gasteiger partial charge is 0.493 e. The van der Waals surface area contributed by atoms with Crippen molar-refractivity contribution in [1.29, 1.82) is 0 Å². The molecule has 1 aromatic rings. The molecule has 2 rings (SSSR count). The first-order chi connectivity index (χ1) is 8.67. The van der Waals surface area contributed by atoms with Crippen LogP contribution in [0, 0.1) is 0 Å². The second kappa shape index (κ2) is 5.61. The average molecular weight is 250 g/mol. The van der Waals surface area contributed by atoms with Gasteiger partial charge in [0.15, 0.2) is 11.5 Å². The Balaban J connectivity index is 2.04. The molecule has 1 fully saturated rings. The Morgan fingerprint density at radius 3 is 2.56 bits per heavy atom. The van der Waals surface area contributed by atoms with Crippen molar-refractivity contribution in [2.75, 3.05) is 13.7 Å². The highest BCUT2D eigenvalue weighted by Gasteiger charge is 2.32. The van der Waals surface area contributed by atoms with Crippen LogP contribution in [0.1, 0.15) is 38.2 Å². The maximum absolute atomic E-state index is 10.3. The molecule has 0 aromatic heterocycles. The summed E-state index contributed by atoms with van der Waals surface area (Å²) in [7, 11) is 1.64. The predicted molar refractivity (Wildman–Crippen MR) is 71.3 cm³/mol. The maximum Gasteiger partial charge on any atom is 0.161 e.